The Bertz CT molecular complexity index is 816. The Kier molecular flexibility index (Phi) is 3.41. The van der Waals surface area contributed by atoms with Gasteiger partial charge in [0.1, 0.15) is 5.60 Å². The van der Waals surface area contributed by atoms with Crippen molar-refractivity contribution < 1.29 is 14.3 Å². The molecule has 1 aliphatic heterocycles. The van der Waals surface area contributed by atoms with Crippen LogP contribution in [0.15, 0.2) is 48.5 Å². The maximum atomic E-state index is 13.1. The first-order valence-electron chi connectivity index (χ1n) is 8.11. The molecule has 0 unspecified atom stereocenters. The van der Waals surface area contributed by atoms with Gasteiger partial charge >= 0.3 is 0 Å². The molecule has 0 saturated carbocycles. The molecule has 2 aliphatic rings. The van der Waals surface area contributed by atoms with Crippen molar-refractivity contribution in [2.24, 2.45) is 5.41 Å². The van der Waals surface area contributed by atoms with Gasteiger partial charge in [0.05, 0.1) is 12.0 Å². The molecular formula is C20H17ClO3. The highest BCUT2D eigenvalue weighted by molar-refractivity contribution is 6.30. The number of ether oxygens (including phenoxy) is 1. The molecule has 1 atom stereocenters. The molecule has 1 saturated heterocycles. The lowest BCUT2D eigenvalue weighted by molar-refractivity contribution is 0.0617. The fourth-order valence-electron chi connectivity index (χ4n) is 3.82. The van der Waals surface area contributed by atoms with Crippen LogP contribution in [0.5, 0.6) is 0 Å². The molecule has 3 nitrogen and oxygen atoms in total. The summed E-state index contributed by atoms with van der Waals surface area (Å²) in [5, 5.41) is 0.625. The lowest BCUT2D eigenvalue weighted by atomic mass is 9.71. The van der Waals surface area contributed by atoms with Crippen LogP contribution in [0.3, 0.4) is 0 Å². The van der Waals surface area contributed by atoms with Crippen molar-refractivity contribution in [3.05, 3.63) is 70.2 Å². The normalized spacial score (nSPS) is 24.1. The highest BCUT2D eigenvalue weighted by Crippen LogP contribution is 2.53. The average Bonchev–Trinajstić information content (AvgIpc) is 3.35. The third kappa shape index (κ3) is 2.08. The Balaban J connectivity index is 1.76. The monoisotopic (exact) mass is 340 g/mol. The average molecular weight is 341 g/mol. The van der Waals surface area contributed by atoms with Crippen molar-refractivity contribution in [3.8, 4) is 0 Å². The molecule has 2 aromatic rings. The number of Topliss-reactive ketones (excluding diaryl/α,β-unsaturated/α-hetero) is 2. The molecule has 24 heavy (non-hydrogen) atoms. The van der Waals surface area contributed by atoms with Gasteiger partial charge in [0.25, 0.3) is 0 Å². The maximum absolute atomic E-state index is 13.1. The number of hydrogen-bond acceptors (Lipinski definition) is 3. The van der Waals surface area contributed by atoms with Crippen LogP contribution in [0.4, 0.5) is 0 Å². The lowest BCUT2D eigenvalue weighted by Crippen LogP contribution is -2.37. The maximum Gasteiger partial charge on any atom is 0.177 e. The van der Waals surface area contributed by atoms with E-state index in [1.165, 1.54) is 0 Å². The molecular weight excluding hydrogens is 324 g/mol. The van der Waals surface area contributed by atoms with Gasteiger partial charge < -0.3 is 4.74 Å². The van der Waals surface area contributed by atoms with Crippen molar-refractivity contribution >= 4 is 23.2 Å². The zero-order chi connectivity index (χ0) is 16.9. The van der Waals surface area contributed by atoms with Crippen molar-refractivity contribution in [2.75, 3.05) is 6.61 Å². The Labute approximate surface area is 145 Å². The van der Waals surface area contributed by atoms with E-state index in [9.17, 15) is 9.59 Å². The molecule has 0 bridgehead atoms. The number of rotatable bonds is 4. The largest absolute Gasteiger partial charge is 0.364 e. The Hall–Kier alpha value is -1.97. The lowest BCUT2D eigenvalue weighted by Gasteiger charge is -2.28. The zero-order valence-electron chi connectivity index (χ0n) is 13.3. The highest BCUT2D eigenvalue weighted by atomic mass is 35.5. The quantitative estimate of drug-likeness (QED) is 0.611. The van der Waals surface area contributed by atoms with E-state index in [0.717, 1.165) is 5.56 Å². The van der Waals surface area contributed by atoms with Crippen LogP contribution in [0.1, 0.15) is 46.0 Å². The Morgan fingerprint density at radius 1 is 1.04 bits per heavy atom. The van der Waals surface area contributed by atoms with E-state index in [4.69, 9.17) is 16.3 Å². The van der Waals surface area contributed by atoms with Crippen LogP contribution in [0.2, 0.25) is 5.02 Å². The summed E-state index contributed by atoms with van der Waals surface area (Å²) in [6, 6.07) is 14.6. The van der Waals surface area contributed by atoms with E-state index in [1.54, 1.807) is 30.3 Å². The number of hydrogen-bond donors (Lipinski definition) is 0. The standard InChI is InChI=1S/C20H17ClO3/c1-2-19(17(22)15-8-3-4-9-16(15)18(19)23)11-20(12-24-20)13-6-5-7-14(21)10-13/h3-10H,2,11-12H2,1H3/t20-/m0/s1. The van der Waals surface area contributed by atoms with Crippen molar-refractivity contribution in [3.63, 3.8) is 0 Å². The van der Waals surface area contributed by atoms with E-state index >= 15 is 0 Å². The van der Waals surface area contributed by atoms with Gasteiger partial charge in [0.2, 0.25) is 0 Å². The summed E-state index contributed by atoms with van der Waals surface area (Å²) >= 11 is 6.10. The molecule has 0 radical (unpaired) electrons. The summed E-state index contributed by atoms with van der Waals surface area (Å²) in [4.78, 5) is 26.1. The van der Waals surface area contributed by atoms with E-state index in [2.05, 4.69) is 0 Å². The van der Waals surface area contributed by atoms with Gasteiger partial charge in [-0.25, -0.2) is 0 Å². The Morgan fingerprint density at radius 3 is 2.17 bits per heavy atom. The third-order valence-electron chi connectivity index (χ3n) is 5.32. The molecule has 1 aliphatic carbocycles. The number of benzene rings is 2. The van der Waals surface area contributed by atoms with Gasteiger partial charge in [-0.3, -0.25) is 9.59 Å². The van der Waals surface area contributed by atoms with Gasteiger partial charge in [0, 0.05) is 22.6 Å². The fraction of sp³-hybridized carbons (Fsp3) is 0.300. The van der Waals surface area contributed by atoms with E-state index < -0.39 is 11.0 Å². The van der Waals surface area contributed by atoms with E-state index in [-0.39, 0.29) is 11.6 Å². The molecule has 0 aromatic heterocycles. The molecule has 4 rings (SSSR count). The second-order valence-electron chi connectivity index (χ2n) is 6.61. The summed E-state index contributed by atoms with van der Waals surface area (Å²) in [7, 11) is 0. The summed E-state index contributed by atoms with van der Waals surface area (Å²) in [6.07, 6.45) is 0.828. The van der Waals surface area contributed by atoms with Crippen LogP contribution in [-0.2, 0) is 10.3 Å². The fourth-order valence-corrected chi connectivity index (χ4v) is 4.01. The predicted octanol–water partition coefficient (Wildman–Crippen LogP) is 4.43. The summed E-state index contributed by atoms with van der Waals surface area (Å²) < 4.78 is 5.76. The van der Waals surface area contributed by atoms with Gasteiger partial charge in [-0.2, -0.15) is 0 Å². The number of ketones is 2. The summed E-state index contributed by atoms with van der Waals surface area (Å²) in [5.74, 6) is -0.162. The first-order chi connectivity index (χ1) is 11.5. The number of epoxide rings is 1. The summed E-state index contributed by atoms with van der Waals surface area (Å²) in [5.41, 5.74) is 0.369. The predicted molar refractivity (Wildman–Crippen MR) is 91.5 cm³/mol. The molecule has 1 heterocycles. The second-order valence-corrected chi connectivity index (χ2v) is 7.05. The molecule has 4 heteroatoms. The molecule has 1 fully saturated rings. The number of carbonyl (C=O) groups excluding carboxylic acids is 2. The second kappa shape index (κ2) is 5.27. The highest BCUT2D eigenvalue weighted by Gasteiger charge is 2.60. The number of halogens is 1. The number of fused-ring (bicyclic) bond motifs is 1. The minimum absolute atomic E-state index is 0.0810. The smallest absolute Gasteiger partial charge is 0.177 e. The number of carbonyl (C=O) groups is 2. The Morgan fingerprint density at radius 2 is 1.67 bits per heavy atom. The van der Waals surface area contributed by atoms with Crippen LogP contribution in [0, 0.1) is 5.41 Å². The first kappa shape index (κ1) is 15.6. The third-order valence-corrected chi connectivity index (χ3v) is 5.56. The van der Waals surface area contributed by atoms with Crippen molar-refractivity contribution in [2.45, 2.75) is 25.4 Å². The van der Waals surface area contributed by atoms with Crippen LogP contribution in [-0.4, -0.2) is 18.2 Å². The molecule has 0 amide bonds. The minimum Gasteiger partial charge on any atom is -0.364 e. The molecule has 0 spiro atoms. The SMILES string of the molecule is CCC1(C[C@@]2(c3cccc(Cl)c3)CO2)C(=O)c2ccccc2C1=O. The first-order valence-corrected chi connectivity index (χ1v) is 8.49. The van der Waals surface area contributed by atoms with Gasteiger partial charge in [-0.15, -0.1) is 0 Å². The van der Waals surface area contributed by atoms with Crippen molar-refractivity contribution in [1.82, 2.24) is 0 Å². The topological polar surface area (TPSA) is 46.7 Å². The summed E-state index contributed by atoms with van der Waals surface area (Å²) in [6.45, 7) is 2.40. The van der Waals surface area contributed by atoms with E-state index in [1.807, 2.05) is 25.1 Å². The molecule has 2 aromatic carbocycles. The van der Waals surface area contributed by atoms with Gasteiger partial charge in [0.15, 0.2) is 11.6 Å². The van der Waals surface area contributed by atoms with E-state index in [0.29, 0.717) is 35.6 Å². The molecule has 0 N–H and O–H groups in total. The van der Waals surface area contributed by atoms with Gasteiger partial charge in [-0.1, -0.05) is 54.9 Å². The zero-order valence-corrected chi connectivity index (χ0v) is 14.1. The van der Waals surface area contributed by atoms with Crippen LogP contribution >= 0.6 is 11.6 Å². The van der Waals surface area contributed by atoms with Gasteiger partial charge in [-0.05, 0) is 24.1 Å². The van der Waals surface area contributed by atoms with Crippen molar-refractivity contribution in [1.29, 1.82) is 0 Å². The minimum atomic E-state index is -1.04. The molecule has 122 valence electrons. The van der Waals surface area contributed by atoms with Crippen LogP contribution in [0.25, 0.3) is 0 Å². The van der Waals surface area contributed by atoms with Crippen LogP contribution < -0.4 is 0 Å².